The van der Waals surface area contributed by atoms with Crippen LogP contribution in [0.25, 0.3) is 0 Å². The van der Waals surface area contributed by atoms with Crippen LogP contribution >= 0.6 is 0 Å². The normalized spacial score (nSPS) is 26.1. The molecule has 1 atom stereocenters. The van der Waals surface area contributed by atoms with E-state index in [1.54, 1.807) is 12.1 Å². The van der Waals surface area contributed by atoms with Crippen LogP contribution in [0.2, 0.25) is 0 Å². The molecule has 3 aliphatic heterocycles. The zero-order valence-electron chi connectivity index (χ0n) is 15.8. The average molecular weight is 373 g/mol. The van der Waals surface area contributed by atoms with Gasteiger partial charge in [0.05, 0.1) is 4.92 Å². The van der Waals surface area contributed by atoms with Crippen molar-refractivity contribution in [3.05, 3.63) is 33.9 Å². The zero-order valence-corrected chi connectivity index (χ0v) is 15.8. The highest BCUT2D eigenvalue weighted by molar-refractivity contribution is 5.96. The Bertz CT molecular complexity index is 739. The molecule has 1 N–H and O–H groups in total. The van der Waals surface area contributed by atoms with Gasteiger partial charge in [-0.15, -0.1) is 0 Å². The van der Waals surface area contributed by atoms with Crippen molar-refractivity contribution in [2.24, 2.45) is 5.41 Å². The van der Waals surface area contributed by atoms with E-state index in [0.29, 0.717) is 11.3 Å². The number of hydrogen-bond donors (Lipinski definition) is 1. The number of nitro benzene ring substituents is 1. The minimum absolute atomic E-state index is 0.0295. The van der Waals surface area contributed by atoms with E-state index in [2.05, 4.69) is 17.3 Å². The summed E-state index contributed by atoms with van der Waals surface area (Å²) in [7, 11) is 2.05. The summed E-state index contributed by atoms with van der Waals surface area (Å²) in [5.41, 5.74) is 1.26. The van der Waals surface area contributed by atoms with Gasteiger partial charge in [-0.25, -0.2) is 0 Å². The Morgan fingerprint density at radius 1 is 1.19 bits per heavy atom. The minimum atomic E-state index is -0.364. The van der Waals surface area contributed by atoms with Crippen LogP contribution in [0.5, 0.6) is 0 Å². The summed E-state index contributed by atoms with van der Waals surface area (Å²) in [6.07, 6.45) is 2.10. The van der Waals surface area contributed by atoms with Gasteiger partial charge in [-0.1, -0.05) is 0 Å². The third-order valence-corrected chi connectivity index (χ3v) is 6.32. The molecular weight excluding hydrogens is 346 g/mol. The van der Waals surface area contributed by atoms with Crippen LogP contribution in [-0.4, -0.2) is 80.0 Å². The summed E-state index contributed by atoms with van der Waals surface area (Å²) in [5, 5.41) is 15.1. The molecule has 1 unspecified atom stereocenters. The molecule has 3 fully saturated rings. The number of likely N-dealkylation sites (N-methyl/N-ethyl adjacent to an activating group) is 1. The maximum Gasteiger partial charge on any atom is 0.293 e. The molecule has 1 spiro atoms. The lowest BCUT2D eigenvalue weighted by atomic mass is 9.86. The highest BCUT2D eigenvalue weighted by Gasteiger charge is 2.42. The van der Waals surface area contributed by atoms with Gasteiger partial charge in [0.2, 0.25) is 0 Å². The van der Waals surface area contributed by atoms with Crippen molar-refractivity contribution < 1.29 is 9.72 Å². The Hall–Kier alpha value is -2.19. The molecule has 4 rings (SSSR count). The lowest BCUT2D eigenvalue weighted by Gasteiger charge is -2.33. The number of hydrogen-bond acceptors (Lipinski definition) is 6. The fraction of sp³-hybridized carbons (Fsp3) is 0.632. The molecule has 1 amide bonds. The number of nitrogens with one attached hydrogen (secondary N) is 1. The van der Waals surface area contributed by atoms with E-state index in [4.69, 9.17) is 0 Å². The number of rotatable bonds is 3. The van der Waals surface area contributed by atoms with Crippen molar-refractivity contribution in [1.29, 1.82) is 0 Å². The van der Waals surface area contributed by atoms with Gasteiger partial charge in [0.25, 0.3) is 11.6 Å². The van der Waals surface area contributed by atoms with Gasteiger partial charge in [0, 0.05) is 62.9 Å². The number of anilines is 1. The lowest BCUT2D eigenvalue weighted by molar-refractivity contribution is -0.384. The molecule has 27 heavy (non-hydrogen) atoms. The van der Waals surface area contributed by atoms with E-state index < -0.39 is 0 Å². The monoisotopic (exact) mass is 373 g/mol. The second-order valence-corrected chi connectivity index (χ2v) is 8.15. The van der Waals surface area contributed by atoms with Crippen LogP contribution in [0, 0.1) is 15.5 Å². The highest BCUT2D eigenvalue weighted by Crippen LogP contribution is 2.37. The number of carbonyl (C=O) groups is 1. The molecule has 0 saturated carbocycles. The standard InChI is InChI=1S/C19H27N5O3/c1-21-8-10-22(11-9-21)16-3-2-15(12-17(16)24(26)27)18(25)23-7-5-19(14-23)4-6-20-13-19/h2-3,12,20H,4-11,13-14H2,1H3. The topological polar surface area (TPSA) is 82.0 Å². The largest absolute Gasteiger partial charge is 0.363 e. The van der Waals surface area contributed by atoms with Gasteiger partial charge in [-0.3, -0.25) is 14.9 Å². The first kappa shape index (κ1) is 18.2. The lowest BCUT2D eigenvalue weighted by Crippen LogP contribution is -2.44. The molecule has 146 valence electrons. The number of likely N-dealkylation sites (tertiary alicyclic amines) is 1. The van der Waals surface area contributed by atoms with Crippen LogP contribution in [0.1, 0.15) is 23.2 Å². The van der Waals surface area contributed by atoms with Crippen molar-refractivity contribution in [2.75, 3.05) is 64.3 Å². The van der Waals surface area contributed by atoms with E-state index in [1.807, 2.05) is 9.80 Å². The molecule has 0 radical (unpaired) electrons. The van der Waals surface area contributed by atoms with Crippen molar-refractivity contribution in [3.8, 4) is 0 Å². The van der Waals surface area contributed by atoms with Crippen LogP contribution in [0.3, 0.4) is 0 Å². The number of nitrogens with zero attached hydrogens (tertiary/aromatic N) is 4. The quantitative estimate of drug-likeness (QED) is 0.633. The van der Waals surface area contributed by atoms with Crippen LogP contribution in [-0.2, 0) is 0 Å². The van der Waals surface area contributed by atoms with Crippen molar-refractivity contribution in [3.63, 3.8) is 0 Å². The Morgan fingerprint density at radius 3 is 2.63 bits per heavy atom. The number of nitro groups is 1. The first-order chi connectivity index (χ1) is 13.0. The Balaban J connectivity index is 1.54. The third kappa shape index (κ3) is 3.51. The summed E-state index contributed by atoms with van der Waals surface area (Å²) in [5.74, 6) is -0.0909. The Morgan fingerprint density at radius 2 is 1.96 bits per heavy atom. The zero-order chi connectivity index (χ0) is 19.0. The van der Waals surface area contributed by atoms with Crippen LogP contribution in [0.4, 0.5) is 11.4 Å². The summed E-state index contributed by atoms with van der Waals surface area (Å²) < 4.78 is 0. The maximum atomic E-state index is 13.0. The van der Waals surface area contributed by atoms with E-state index in [0.717, 1.165) is 65.2 Å². The highest BCUT2D eigenvalue weighted by atomic mass is 16.6. The Kier molecular flexibility index (Phi) is 4.77. The molecule has 8 nitrogen and oxygen atoms in total. The van der Waals surface area contributed by atoms with Gasteiger partial charge in [0.15, 0.2) is 0 Å². The summed E-state index contributed by atoms with van der Waals surface area (Å²) in [6, 6.07) is 4.97. The predicted molar refractivity (Wildman–Crippen MR) is 103 cm³/mol. The van der Waals surface area contributed by atoms with Crippen molar-refractivity contribution in [1.82, 2.24) is 15.1 Å². The van der Waals surface area contributed by atoms with E-state index in [1.165, 1.54) is 6.07 Å². The van der Waals surface area contributed by atoms with Crippen molar-refractivity contribution >= 4 is 17.3 Å². The molecular formula is C19H27N5O3. The van der Waals surface area contributed by atoms with E-state index >= 15 is 0 Å². The first-order valence-corrected chi connectivity index (χ1v) is 9.69. The fourth-order valence-electron chi connectivity index (χ4n) is 4.55. The van der Waals surface area contributed by atoms with Gasteiger partial charge in [-0.2, -0.15) is 0 Å². The number of amides is 1. The maximum absolute atomic E-state index is 13.0. The molecule has 3 saturated heterocycles. The summed E-state index contributed by atoms with van der Waals surface area (Å²) in [4.78, 5) is 30.4. The van der Waals surface area contributed by atoms with Gasteiger partial charge in [0.1, 0.15) is 5.69 Å². The average Bonchev–Trinajstić information content (AvgIpc) is 3.31. The second-order valence-electron chi connectivity index (χ2n) is 8.15. The van der Waals surface area contributed by atoms with Gasteiger partial charge < -0.3 is 20.0 Å². The SMILES string of the molecule is CN1CCN(c2ccc(C(=O)N3CCC4(CCNC4)C3)cc2[N+](=O)[O-])CC1. The van der Waals surface area contributed by atoms with E-state index in [9.17, 15) is 14.9 Å². The number of piperazine rings is 1. The molecule has 0 aliphatic carbocycles. The first-order valence-electron chi connectivity index (χ1n) is 9.69. The molecule has 3 heterocycles. The molecule has 0 bridgehead atoms. The van der Waals surface area contributed by atoms with Crippen LogP contribution < -0.4 is 10.2 Å². The molecule has 1 aromatic rings. The van der Waals surface area contributed by atoms with Crippen molar-refractivity contribution in [2.45, 2.75) is 12.8 Å². The van der Waals surface area contributed by atoms with Gasteiger partial charge >= 0.3 is 0 Å². The number of benzene rings is 1. The fourth-order valence-corrected chi connectivity index (χ4v) is 4.55. The summed E-state index contributed by atoms with van der Waals surface area (Å²) >= 11 is 0. The van der Waals surface area contributed by atoms with Crippen LogP contribution in [0.15, 0.2) is 18.2 Å². The third-order valence-electron chi connectivity index (χ3n) is 6.32. The van der Waals surface area contributed by atoms with E-state index in [-0.39, 0.29) is 21.9 Å². The smallest absolute Gasteiger partial charge is 0.293 e. The minimum Gasteiger partial charge on any atom is -0.363 e. The Labute approximate surface area is 159 Å². The summed E-state index contributed by atoms with van der Waals surface area (Å²) in [6.45, 7) is 6.70. The predicted octanol–water partition coefficient (Wildman–Crippen LogP) is 1.17. The molecule has 1 aromatic carbocycles. The number of carbonyl (C=O) groups excluding carboxylic acids is 1. The molecule has 8 heteroatoms. The molecule has 3 aliphatic rings. The van der Waals surface area contributed by atoms with Gasteiger partial charge in [-0.05, 0) is 38.6 Å². The second kappa shape index (κ2) is 7.09. The molecule has 0 aromatic heterocycles.